The number of carbonyl (C=O) groups is 2. The molecule has 1 unspecified atom stereocenters. The third-order valence-corrected chi connectivity index (χ3v) is 5.37. The van der Waals surface area contributed by atoms with Gasteiger partial charge in [-0.05, 0) is 42.3 Å². The van der Waals surface area contributed by atoms with Crippen molar-refractivity contribution in [2.24, 2.45) is 0 Å². The number of urea groups is 1. The first-order valence-electron chi connectivity index (χ1n) is 9.19. The molecular weight excluding hydrogens is 352 g/mol. The summed E-state index contributed by atoms with van der Waals surface area (Å²) >= 11 is 0. The molecule has 3 aromatic rings. The lowest BCUT2D eigenvalue weighted by atomic mass is 9.90. The molecule has 1 fully saturated rings. The Balaban J connectivity index is 1.69. The van der Waals surface area contributed by atoms with Crippen molar-refractivity contribution >= 4 is 22.7 Å². The fourth-order valence-corrected chi connectivity index (χ4v) is 3.74. The molecule has 5 nitrogen and oxygen atoms in total. The Morgan fingerprint density at radius 2 is 1.75 bits per heavy atom. The summed E-state index contributed by atoms with van der Waals surface area (Å²) in [6.07, 6.45) is 0. The van der Waals surface area contributed by atoms with E-state index < -0.39 is 11.6 Å². The highest BCUT2D eigenvalue weighted by molar-refractivity contribution is 6.07. The van der Waals surface area contributed by atoms with Crippen LogP contribution in [-0.4, -0.2) is 23.9 Å². The third-order valence-electron chi connectivity index (χ3n) is 5.37. The van der Waals surface area contributed by atoms with E-state index in [-0.39, 0.29) is 12.5 Å². The summed E-state index contributed by atoms with van der Waals surface area (Å²) in [5, 5.41) is 5.00. The number of amides is 3. The number of nitrogens with one attached hydrogen (secondary N) is 1. The molecule has 1 saturated heterocycles. The Labute approximate surface area is 163 Å². The van der Waals surface area contributed by atoms with Gasteiger partial charge in [0.05, 0.1) is 13.7 Å². The van der Waals surface area contributed by atoms with Gasteiger partial charge in [-0.2, -0.15) is 0 Å². The monoisotopic (exact) mass is 374 g/mol. The molecule has 0 saturated carbocycles. The van der Waals surface area contributed by atoms with Crippen LogP contribution in [-0.2, 0) is 16.9 Å². The van der Waals surface area contributed by atoms with E-state index in [4.69, 9.17) is 4.74 Å². The van der Waals surface area contributed by atoms with Crippen LogP contribution < -0.4 is 10.1 Å². The van der Waals surface area contributed by atoms with Crippen LogP contribution in [0, 0.1) is 6.92 Å². The van der Waals surface area contributed by atoms with E-state index in [0.717, 1.165) is 27.5 Å². The number of nitrogens with zero attached hydrogens (tertiary/aromatic N) is 1. The molecule has 1 atom stereocenters. The topological polar surface area (TPSA) is 58.6 Å². The summed E-state index contributed by atoms with van der Waals surface area (Å²) in [7, 11) is 1.58. The zero-order valence-electron chi connectivity index (χ0n) is 16.2. The Bertz CT molecular complexity index is 1090. The van der Waals surface area contributed by atoms with E-state index in [0.29, 0.717) is 5.75 Å². The maximum absolute atomic E-state index is 13.3. The Morgan fingerprint density at radius 3 is 2.50 bits per heavy atom. The summed E-state index contributed by atoms with van der Waals surface area (Å²) in [5.41, 5.74) is 1.51. The van der Waals surface area contributed by atoms with Crippen LogP contribution in [0.2, 0.25) is 0 Å². The number of carbonyl (C=O) groups excluding carboxylic acids is 2. The smallest absolute Gasteiger partial charge is 0.325 e. The number of aryl methyl sites for hydroxylation is 1. The maximum atomic E-state index is 13.3. The fraction of sp³-hybridized carbons (Fsp3) is 0.217. The lowest BCUT2D eigenvalue weighted by molar-refractivity contribution is -0.131. The highest BCUT2D eigenvalue weighted by Gasteiger charge is 2.49. The lowest BCUT2D eigenvalue weighted by Gasteiger charge is -2.23. The molecule has 1 aliphatic rings. The molecule has 3 aromatic carbocycles. The van der Waals surface area contributed by atoms with Gasteiger partial charge in [0.25, 0.3) is 5.91 Å². The highest BCUT2D eigenvalue weighted by Crippen LogP contribution is 2.33. The average molecular weight is 374 g/mol. The quantitative estimate of drug-likeness (QED) is 0.699. The first-order valence-corrected chi connectivity index (χ1v) is 9.19. The van der Waals surface area contributed by atoms with Crippen molar-refractivity contribution in [2.75, 3.05) is 7.11 Å². The van der Waals surface area contributed by atoms with E-state index in [1.165, 1.54) is 4.90 Å². The molecule has 1 aliphatic heterocycles. The van der Waals surface area contributed by atoms with Gasteiger partial charge >= 0.3 is 6.03 Å². The molecule has 3 amide bonds. The van der Waals surface area contributed by atoms with Crippen molar-refractivity contribution in [2.45, 2.75) is 25.9 Å². The second-order valence-corrected chi connectivity index (χ2v) is 7.32. The summed E-state index contributed by atoms with van der Waals surface area (Å²) in [6.45, 7) is 3.89. The Morgan fingerprint density at radius 1 is 1.00 bits per heavy atom. The van der Waals surface area contributed by atoms with Crippen LogP contribution in [0.15, 0.2) is 60.7 Å². The normalized spacial score (nSPS) is 19.2. The SMILES string of the molecule is COc1ccc(C)cc1CN1C(=O)NC(C)(c2ccc3ccccc3c2)C1=O. The molecule has 142 valence electrons. The number of benzene rings is 3. The zero-order valence-corrected chi connectivity index (χ0v) is 16.2. The van der Waals surface area contributed by atoms with Crippen LogP contribution in [0.3, 0.4) is 0 Å². The number of methoxy groups -OCH3 is 1. The number of hydrogen-bond acceptors (Lipinski definition) is 3. The van der Waals surface area contributed by atoms with Crippen molar-refractivity contribution in [1.29, 1.82) is 0 Å². The second-order valence-electron chi connectivity index (χ2n) is 7.32. The molecule has 5 heteroatoms. The molecular formula is C23H22N2O3. The third kappa shape index (κ3) is 2.89. The van der Waals surface area contributed by atoms with Crippen molar-refractivity contribution in [3.63, 3.8) is 0 Å². The number of hydrogen-bond donors (Lipinski definition) is 1. The molecule has 0 spiro atoms. The number of ether oxygens (including phenoxy) is 1. The Hall–Kier alpha value is -3.34. The van der Waals surface area contributed by atoms with Crippen LogP contribution in [0.25, 0.3) is 10.8 Å². The van der Waals surface area contributed by atoms with Gasteiger partial charge in [-0.1, -0.05) is 54.1 Å². The molecule has 0 radical (unpaired) electrons. The molecule has 0 bridgehead atoms. The summed E-state index contributed by atoms with van der Waals surface area (Å²) in [6, 6.07) is 19.1. The van der Waals surface area contributed by atoms with Gasteiger partial charge < -0.3 is 10.1 Å². The van der Waals surface area contributed by atoms with Gasteiger partial charge in [-0.15, -0.1) is 0 Å². The fourth-order valence-electron chi connectivity index (χ4n) is 3.74. The molecule has 0 aliphatic carbocycles. The number of fused-ring (bicyclic) bond motifs is 1. The van der Waals surface area contributed by atoms with E-state index in [9.17, 15) is 9.59 Å². The minimum atomic E-state index is -1.10. The van der Waals surface area contributed by atoms with E-state index in [1.54, 1.807) is 14.0 Å². The van der Waals surface area contributed by atoms with Crippen molar-refractivity contribution in [1.82, 2.24) is 10.2 Å². The minimum absolute atomic E-state index is 0.165. The second kappa shape index (κ2) is 6.68. The largest absolute Gasteiger partial charge is 0.496 e. The molecule has 0 aromatic heterocycles. The van der Waals surface area contributed by atoms with Gasteiger partial charge in [0, 0.05) is 5.56 Å². The van der Waals surface area contributed by atoms with E-state index in [1.807, 2.05) is 67.6 Å². The lowest BCUT2D eigenvalue weighted by Crippen LogP contribution is -2.40. The van der Waals surface area contributed by atoms with Crippen molar-refractivity contribution < 1.29 is 14.3 Å². The zero-order chi connectivity index (χ0) is 19.9. The van der Waals surface area contributed by atoms with Gasteiger partial charge in [0.15, 0.2) is 0 Å². The van der Waals surface area contributed by atoms with Gasteiger partial charge in [0.1, 0.15) is 11.3 Å². The van der Waals surface area contributed by atoms with E-state index >= 15 is 0 Å². The number of rotatable bonds is 4. The first kappa shape index (κ1) is 18.0. The summed E-state index contributed by atoms with van der Waals surface area (Å²) in [5.74, 6) is 0.391. The predicted octanol–water partition coefficient (Wildman–Crippen LogP) is 4.12. The Kier molecular flexibility index (Phi) is 4.30. The van der Waals surface area contributed by atoms with Crippen LogP contribution in [0.1, 0.15) is 23.6 Å². The van der Waals surface area contributed by atoms with Crippen LogP contribution in [0.5, 0.6) is 5.75 Å². The molecule has 1 heterocycles. The predicted molar refractivity (Wildman–Crippen MR) is 108 cm³/mol. The molecule has 4 rings (SSSR count). The molecule has 28 heavy (non-hydrogen) atoms. The maximum Gasteiger partial charge on any atom is 0.325 e. The number of imide groups is 1. The van der Waals surface area contributed by atoms with Crippen LogP contribution in [0.4, 0.5) is 4.79 Å². The molecule has 1 N–H and O–H groups in total. The van der Waals surface area contributed by atoms with Crippen molar-refractivity contribution in [3.05, 3.63) is 77.4 Å². The average Bonchev–Trinajstić information content (AvgIpc) is 2.92. The summed E-state index contributed by atoms with van der Waals surface area (Å²) < 4.78 is 5.40. The van der Waals surface area contributed by atoms with Gasteiger partial charge in [0.2, 0.25) is 0 Å². The van der Waals surface area contributed by atoms with Gasteiger partial charge in [-0.3, -0.25) is 9.69 Å². The standard InChI is InChI=1S/C23H22N2O3/c1-15-8-11-20(28-3)18(12-15)14-25-21(26)23(2,24-22(25)27)19-10-9-16-6-4-5-7-17(16)13-19/h4-13H,14H2,1-3H3,(H,24,27). The van der Waals surface area contributed by atoms with Crippen LogP contribution >= 0.6 is 0 Å². The van der Waals surface area contributed by atoms with Crippen molar-refractivity contribution in [3.8, 4) is 5.75 Å². The summed E-state index contributed by atoms with van der Waals surface area (Å²) in [4.78, 5) is 27.2. The highest BCUT2D eigenvalue weighted by atomic mass is 16.5. The first-order chi connectivity index (χ1) is 13.4. The van der Waals surface area contributed by atoms with E-state index in [2.05, 4.69) is 5.32 Å². The van der Waals surface area contributed by atoms with Gasteiger partial charge in [-0.25, -0.2) is 4.79 Å². The minimum Gasteiger partial charge on any atom is -0.496 e.